The Balaban J connectivity index is 2.39. The molecule has 0 radical (unpaired) electrons. The number of aromatic nitrogens is 3. The summed E-state index contributed by atoms with van der Waals surface area (Å²) in [6.45, 7) is 4.17. The van der Waals surface area contributed by atoms with Crippen molar-refractivity contribution < 1.29 is 4.74 Å². The Kier molecular flexibility index (Phi) is 6.52. The second-order valence-corrected chi connectivity index (χ2v) is 4.65. The highest BCUT2D eigenvalue weighted by Gasteiger charge is 2.11. The third-order valence-corrected chi connectivity index (χ3v) is 2.76. The lowest BCUT2D eigenvalue weighted by atomic mass is 10.1. The lowest BCUT2D eigenvalue weighted by molar-refractivity contribution is 0.197. The van der Waals surface area contributed by atoms with Crippen LogP contribution in [0.15, 0.2) is 0 Å². The van der Waals surface area contributed by atoms with E-state index >= 15 is 0 Å². The van der Waals surface area contributed by atoms with E-state index in [0.29, 0.717) is 0 Å². The Morgan fingerprint density at radius 2 is 1.94 bits per heavy atom. The summed E-state index contributed by atoms with van der Waals surface area (Å²) in [7, 11) is 0. The van der Waals surface area contributed by atoms with Gasteiger partial charge in [-0.15, -0.1) is 10.2 Å². The van der Waals surface area contributed by atoms with Crippen LogP contribution in [0.4, 0.5) is 0 Å². The third kappa shape index (κ3) is 5.50. The van der Waals surface area contributed by atoms with Gasteiger partial charge in [-0.2, -0.15) is 4.98 Å². The van der Waals surface area contributed by atoms with Gasteiger partial charge in [0, 0.05) is 0 Å². The van der Waals surface area contributed by atoms with Crippen LogP contribution < -0.4 is 4.74 Å². The minimum Gasteiger partial charge on any atom is -0.472 e. The first-order chi connectivity index (χ1) is 8.13. The van der Waals surface area contributed by atoms with E-state index in [1.54, 1.807) is 0 Å². The molecular weight excluding hydrogens is 261 g/mol. The highest BCUT2D eigenvalue weighted by atomic mass is 35.5. The average Bonchev–Trinajstić information content (AvgIpc) is 2.29. The molecule has 1 aromatic rings. The fourth-order valence-corrected chi connectivity index (χ4v) is 1.70. The van der Waals surface area contributed by atoms with Crippen molar-refractivity contribution in [3.8, 4) is 5.88 Å². The summed E-state index contributed by atoms with van der Waals surface area (Å²) >= 11 is 11.4. The van der Waals surface area contributed by atoms with Crippen molar-refractivity contribution in [3.63, 3.8) is 0 Å². The van der Waals surface area contributed by atoms with E-state index in [2.05, 4.69) is 22.1 Å². The molecule has 1 atom stereocenters. The van der Waals surface area contributed by atoms with Gasteiger partial charge < -0.3 is 4.74 Å². The van der Waals surface area contributed by atoms with Crippen LogP contribution in [0.5, 0.6) is 5.88 Å². The highest BCUT2D eigenvalue weighted by Crippen LogP contribution is 2.21. The van der Waals surface area contributed by atoms with Crippen LogP contribution in [0.1, 0.15) is 46.0 Å². The topological polar surface area (TPSA) is 47.9 Å². The molecule has 1 rings (SSSR count). The molecule has 0 aliphatic rings. The second kappa shape index (κ2) is 7.67. The summed E-state index contributed by atoms with van der Waals surface area (Å²) in [4.78, 5) is 3.89. The molecule has 1 unspecified atom stereocenters. The number of ether oxygens (including phenoxy) is 1. The lowest BCUT2D eigenvalue weighted by Gasteiger charge is -2.13. The first kappa shape index (κ1) is 14.5. The quantitative estimate of drug-likeness (QED) is 0.709. The van der Waals surface area contributed by atoms with Crippen LogP contribution in [0.25, 0.3) is 0 Å². The monoisotopic (exact) mass is 277 g/mol. The zero-order chi connectivity index (χ0) is 12.7. The van der Waals surface area contributed by atoms with Crippen molar-refractivity contribution >= 4 is 23.2 Å². The fraction of sp³-hybridized carbons (Fsp3) is 0.727. The molecule has 1 aromatic heterocycles. The smallest absolute Gasteiger partial charge is 0.257 e. The van der Waals surface area contributed by atoms with E-state index in [4.69, 9.17) is 27.9 Å². The maximum Gasteiger partial charge on any atom is 0.257 e. The van der Waals surface area contributed by atoms with Gasteiger partial charge in [0.05, 0.1) is 6.10 Å². The molecule has 96 valence electrons. The summed E-state index contributed by atoms with van der Waals surface area (Å²) in [6, 6.07) is 0. The second-order valence-electron chi connectivity index (χ2n) is 3.95. The minimum atomic E-state index is 0.0441. The molecular formula is C11H17Cl2N3O. The molecule has 6 heteroatoms. The normalized spacial score (nSPS) is 12.5. The van der Waals surface area contributed by atoms with Crippen molar-refractivity contribution in [2.75, 3.05) is 0 Å². The van der Waals surface area contributed by atoms with Gasteiger partial charge in [-0.3, -0.25) is 0 Å². The number of hydrogen-bond donors (Lipinski definition) is 0. The molecule has 0 spiro atoms. The third-order valence-electron chi connectivity index (χ3n) is 2.37. The average molecular weight is 278 g/mol. The highest BCUT2D eigenvalue weighted by molar-refractivity contribution is 6.31. The standard InChI is InChI=1S/C11H17Cl2N3O/c1-3-4-5-6-7-8(2)17-10-9(12)15-16-11(13)14-10/h8H,3-7H2,1-2H3. The SMILES string of the molecule is CCCCCCC(C)Oc1nc(Cl)nnc1Cl. The molecule has 0 N–H and O–H groups in total. The van der Waals surface area contributed by atoms with Crippen molar-refractivity contribution in [2.24, 2.45) is 0 Å². The summed E-state index contributed by atoms with van der Waals surface area (Å²) in [5.74, 6) is 0.259. The van der Waals surface area contributed by atoms with Crippen molar-refractivity contribution in [3.05, 3.63) is 10.4 Å². The van der Waals surface area contributed by atoms with Crippen LogP contribution in [-0.4, -0.2) is 21.3 Å². The molecule has 0 fully saturated rings. The van der Waals surface area contributed by atoms with Gasteiger partial charge in [0.2, 0.25) is 10.4 Å². The predicted octanol–water partition coefficient (Wildman–Crippen LogP) is 3.92. The molecule has 4 nitrogen and oxygen atoms in total. The van der Waals surface area contributed by atoms with Gasteiger partial charge in [-0.1, -0.05) is 37.8 Å². The molecule has 0 bridgehead atoms. The predicted molar refractivity (Wildman–Crippen MR) is 68.7 cm³/mol. The van der Waals surface area contributed by atoms with E-state index < -0.39 is 0 Å². The summed E-state index contributed by atoms with van der Waals surface area (Å²) in [6.07, 6.45) is 5.87. The van der Waals surface area contributed by atoms with E-state index in [1.807, 2.05) is 6.92 Å². The number of nitrogens with zero attached hydrogens (tertiary/aromatic N) is 3. The Bertz CT molecular complexity index is 349. The molecule has 0 aliphatic carbocycles. The summed E-state index contributed by atoms with van der Waals surface area (Å²) < 4.78 is 5.58. The maximum atomic E-state index is 5.80. The Morgan fingerprint density at radius 3 is 2.65 bits per heavy atom. The van der Waals surface area contributed by atoms with Crippen molar-refractivity contribution in [1.82, 2.24) is 15.2 Å². The van der Waals surface area contributed by atoms with Gasteiger partial charge in [-0.05, 0) is 31.4 Å². The molecule has 17 heavy (non-hydrogen) atoms. The summed E-state index contributed by atoms with van der Waals surface area (Å²) in [5.41, 5.74) is 0. The number of halogens is 2. The van der Waals surface area contributed by atoms with Crippen molar-refractivity contribution in [2.45, 2.75) is 52.1 Å². The molecule has 0 amide bonds. The van der Waals surface area contributed by atoms with Gasteiger partial charge in [0.25, 0.3) is 5.88 Å². The van der Waals surface area contributed by atoms with Crippen LogP contribution in [-0.2, 0) is 0 Å². The Labute approximate surface area is 112 Å². The lowest BCUT2D eigenvalue weighted by Crippen LogP contribution is -2.13. The van der Waals surface area contributed by atoms with Gasteiger partial charge >= 0.3 is 0 Å². The van der Waals surface area contributed by atoms with Crippen LogP contribution in [0, 0.1) is 0 Å². The number of hydrogen-bond acceptors (Lipinski definition) is 4. The van der Waals surface area contributed by atoms with E-state index in [-0.39, 0.29) is 22.4 Å². The largest absolute Gasteiger partial charge is 0.472 e. The first-order valence-electron chi connectivity index (χ1n) is 5.85. The van der Waals surface area contributed by atoms with E-state index in [0.717, 1.165) is 12.8 Å². The summed E-state index contributed by atoms with van der Waals surface area (Å²) in [5, 5.41) is 7.35. The maximum absolute atomic E-state index is 5.80. The Morgan fingerprint density at radius 1 is 1.18 bits per heavy atom. The zero-order valence-corrected chi connectivity index (χ0v) is 11.6. The van der Waals surface area contributed by atoms with Gasteiger partial charge in [0.15, 0.2) is 0 Å². The van der Waals surface area contributed by atoms with E-state index in [9.17, 15) is 0 Å². The van der Waals surface area contributed by atoms with Gasteiger partial charge in [0.1, 0.15) is 0 Å². The fourth-order valence-electron chi connectivity index (χ4n) is 1.46. The van der Waals surface area contributed by atoms with Crippen LogP contribution in [0.3, 0.4) is 0 Å². The van der Waals surface area contributed by atoms with Crippen LogP contribution in [0.2, 0.25) is 10.4 Å². The number of unbranched alkanes of at least 4 members (excludes halogenated alkanes) is 3. The van der Waals surface area contributed by atoms with Crippen molar-refractivity contribution in [1.29, 1.82) is 0 Å². The molecule has 0 aliphatic heterocycles. The molecule has 0 saturated heterocycles. The first-order valence-corrected chi connectivity index (χ1v) is 6.61. The van der Waals surface area contributed by atoms with E-state index in [1.165, 1.54) is 19.3 Å². The Hall–Kier alpha value is -0.610. The molecule has 0 aromatic carbocycles. The van der Waals surface area contributed by atoms with Crippen LogP contribution >= 0.6 is 23.2 Å². The minimum absolute atomic E-state index is 0.0441. The molecule has 0 saturated carbocycles. The molecule has 1 heterocycles. The number of rotatable bonds is 7. The zero-order valence-electron chi connectivity index (χ0n) is 10.1. The van der Waals surface area contributed by atoms with Gasteiger partial charge in [-0.25, -0.2) is 0 Å².